The summed E-state index contributed by atoms with van der Waals surface area (Å²) >= 11 is 12.2. The van der Waals surface area contributed by atoms with Gasteiger partial charge in [-0.3, -0.25) is 20.2 Å². The number of nitrogens with zero attached hydrogens (tertiary/aromatic N) is 6. The Kier molecular flexibility index (Phi) is 11.2. The standard InChI is InChI=1S/C23H21ClFN5.C23H19ClFN5/c2*24-15-3-6-19(25)17(10-15)23-18(12-28-30-23)20-7-8-21-22(29-20)9-14(11-27-21)13-1-4-16(26)5-2-13/h3,6-13,16H,1-2,4-5,26H2,(H,28,30);1,3,6-12,16H,2,4-5,26H2,(H,28,30). The minimum atomic E-state index is -0.378. The van der Waals surface area contributed by atoms with Crippen molar-refractivity contribution >= 4 is 50.8 Å². The summed E-state index contributed by atoms with van der Waals surface area (Å²) in [7, 11) is 0. The summed E-state index contributed by atoms with van der Waals surface area (Å²) in [5.41, 5.74) is 23.4. The summed E-state index contributed by atoms with van der Waals surface area (Å²) in [4.78, 5) is 18.8. The van der Waals surface area contributed by atoms with Crippen LogP contribution < -0.4 is 11.5 Å². The number of H-pyrrole nitrogens is 2. The Morgan fingerprint density at radius 2 is 1.13 bits per heavy atom. The number of rotatable bonds is 6. The molecule has 2 aliphatic rings. The molecule has 6 heterocycles. The molecule has 2 aromatic carbocycles. The molecule has 8 aromatic rings. The van der Waals surface area contributed by atoms with E-state index in [9.17, 15) is 8.78 Å². The summed E-state index contributed by atoms with van der Waals surface area (Å²) in [5, 5.41) is 14.9. The average molecular weight is 842 g/mol. The number of nitrogens with two attached hydrogens (primary N) is 2. The van der Waals surface area contributed by atoms with Crippen LogP contribution in [-0.4, -0.2) is 52.4 Å². The molecule has 10 nitrogen and oxygen atoms in total. The fourth-order valence-corrected chi connectivity index (χ4v) is 8.39. The van der Waals surface area contributed by atoms with Gasteiger partial charge in [0.05, 0.1) is 57.2 Å². The lowest BCUT2D eigenvalue weighted by molar-refractivity contribution is 0.395. The Morgan fingerprint density at radius 1 is 0.567 bits per heavy atom. The van der Waals surface area contributed by atoms with Crippen LogP contribution in [-0.2, 0) is 0 Å². The highest BCUT2D eigenvalue weighted by atomic mass is 35.5. The molecule has 6 N–H and O–H groups in total. The largest absolute Gasteiger partial charge is 0.328 e. The van der Waals surface area contributed by atoms with Crippen LogP contribution in [0.25, 0.3) is 72.7 Å². The molecule has 302 valence electrons. The summed E-state index contributed by atoms with van der Waals surface area (Å²) in [5.74, 6) is -0.278. The normalized spacial score (nSPS) is 18.0. The number of nitrogens with one attached hydrogen (secondary N) is 2. The molecule has 2 aliphatic carbocycles. The average Bonchev–Trinajstić information content (AvgIpc) is 3.97. The van der Waals surface area contributed by atoms with Crippen molar-refractivity contribution in [2.75, 3.05) is 0 Å². The van der Waals surface area contributed by atoms with Crippen molar-refractivity contribution in [2.45, 2.75) is 62.9 Å². The van der Waals surface area contributed by atoms with Crippen LogP contribution >= 0.6 is 23.2 Å². The third-order valence-electron chi connectivity index (χ3n) is 11.4. The molecule has 0 bridgehead atoms. The second-order valence-corrected chi connectivity index (χ2v) is 16.3. The third-order valence-corrected chi connectivity index (χ3v) is 11.9. The van der Waals surface area contributed by atoms with E-state index in [0.717, 1.165) is 72.6 Å². The minimum absolute atomic E-state index is 0.235. The van der Waals surface area contributed by atoms with Gasteiger partial charge in [-0.15, -0.1) is 0 Å². The zero-order valence-corrected chi connectivity index (χ0v) is 33.9. The summed E-state index contributed by atoms with van der Waals surface area (Å²) in [6.07, 6.45) is 16.4. The second kappa shape index (κ2) is 17.0. The van der Waals surface area contributed by atoms with E-state index in [2.05, 4.69) is 42.5 Å². The van der Waals surface area contributed by atoms with Crippen molar-refractivity contribution in [1.82, 2.24) is 40.3 Å². The molecule has 0 amide bonds. The van der Waals surface area contributed by atoms with Crippen molar-refractivity contribution in [3.8, 4) is 45.0 Å². The van der Waals surface area contributed by atoms with E-state index in [1.807, 2.05) is 42.7 Å². The van der Waals surface area contributed by atoms with Crippen molar-refractivity contribution in [3.63, 3.8) is 0 Å². The van der Waals surface area contributed by atoms with E-state index in [1.165, 1.54) is 35.4 Å². The first kappa shape index (κ1) is 39.5. The van der Waals surface area contributed by atoms with Crippen LogP contribution in [0.5, 0.6) is 0 Å². The van der Waals surface area contributed by atoms with Gasteiger partial charge in [0.15, 0.2) is 0 Å². The minimum Gasteiger partial charge on any atom is -0.328 e. The predicted octanol–water partition coefficient (Wildman–Crippen LogP) is 10.8. The molecule has 0 radical (unpaired) electrons. The number of allylic oxidation sites excluding steroid dienone is 1. The quantitative estimate of drug-likeness (QED) is 0.129. The van der Waals surface area contributed by atoms with E-state index in [-0.39, 0.29) is 17.7 Å². The number of hydrogen-bond donors (Lipinski definition) is 4. The molecule has 60 heavy (non-hydrogen) atoms. The number of halogens is 4. The first-order valence-electron chi connectivity index (χ1n) is 19.9. The highest BCUT2D eigenvalue weighted by molar-refractivity contribution is 6.31. The van der Waals surface area contributed by atoms with E-state index >= 15 is 0 Å². The van der Waals surface area contributed by atoms with Gasteiger partial charge >= 0.3 is 0 Å². The molecule has 10 rings (SSSR count). The maximum Gasteiger partial charge on any atom is 0.132 e. The Bertz CT molecular complexity index is 2880. The van der Waals surface area contributed by atoms with Gasteiger partial charge in [-0.25, -0.2) is 18.7 Å². The van der Waals surface area contributed by atoms with Crippen LogP contribution in [0.3, 0.4) is 0 Å². The molecule has 0 aliphatic heterocycles. The Hall–Kier alpha value is -5.92. The molecule has 6 aromatic heterocycles. The first-order chi connectivity index (χ1) is 29.2. The Balaban J connectivity index is 0.000000154. The van der Waals surface area contributed by atoms with E-state index in [0.29, 0.717) is 67.0 Å². The summed E-state index contributed by atoms with van der Waals surface area (Å²) in [6.45, 7) is 0. The zero-order chi connectivity index (χ0) is 41.3. The third kappa shape index (κ3) is 8.28. The van der Waals surface area contributed by atoms with Crippen LogP contribution in [0.4, 0.5) is 8.78 Å². The van der Waals surface area contributed by atoms with Gasteiger partial charge in [0.25, 0.3) is 0 Å². The van der Waals surface area contributed by atoms with Gasteiger partial charge < -0.3 is 11.5 Å². The first-order valence-corrected chi connectivity index (χ1v) is 20.6. The second-order valence-electron chi connectivity index (χ2n) is 15.4. The van der Waals surface area contributed by atoms with Crippen LogP contribution in [0.2, 0.25) is 10.0 Å². The molecule has 1 saturated carbocycles. The number of hydrogen-bond acceptors (Lipinski definition) is 8. The van der Waals surface area contributed by atoms with E-state index in [4.69, 9.17) is 44.6 Å². The zero-order valence-electron chi connectivity index (χ0n) is 32.3. The highest BCUT2D eigenvalue weighted by Crippen LogP contribution is 2.37. The maximum absolute atomic E-state index is 14.4. The van der Waals surface area contributed by atoms with Gasteiger partial charge in [-0.05, 0) is 140 Å². The maximum atomic E-state index is 14.4. The van der Waals surface area contributed by atoms with Gasteiger partial charge in [0, 0.05) is 56.8 Å². The van der Waals surface area contributed by atoms with Crippen LogP contribution in [0.1, 0.15) is 62.0 Å². The van der Waals surface area contributed by atoms with Crippen molar-refractivity contribution in [1.29, 1.82) is 0 Å². The fraction of sp³-hybridized carbons (Fsp3) is 0.217. The molecule has 14 heteroatoms. The van der Waals surface area contributed by atoms with Crippen molar-refractivity contribution in [3.05, 3.63) is 136 Å². The Labute approximate surface area is 354 Å². The van der Waals surface area contributed by atoms with E-state index in [1.54, 1.807) is 24.5 Å². The number of aromatic nitrogens is 8. The molecule has 0 saturated heterocycles. The molecule has 1 unspecified atom stereocenters. The van der Waals surface area contributed by atoms with Gasteiger partial charge in [-0.1, -0.05) is 29.3 Å². The molecule has 0 spiro atoms. The number of aromatic amines is 2. The van der Waals surface area contributed by atoms with Gasteiger partial charge in [0.1, 0.15) is 11.6 Å². The fourth-order valence-electron chi connectivity index (χ4n) is 8.05. The van der Waals surface area contributed by atoms with Gasteiger partial charge in [-0.2, -0.15) is 10.2 Å². The number of fused-ring (bicyclic) bond motifs is 2. The molecular formula is C46H40Cl2F2N10. The van der Waals surface area contributed by atoms with Crippen LogP contribution in [0, 0.1) is 11.6 Å². The van der Waals surface area contributed by atoms with Gasteiger partial charge in [0.2, 0.25) is 0 Å². The molecule has 1 atom stereocenters. The monoisotopic (exact) mass is 840 g/mol. The van der Waals surface area contributed by atoms with Crippen molar-refractivity contribution < 1.29 is 8.78 Å². The van der Waals surface area contributed by atoms with Crippen LogP contribution in [0.15, 0.2) is 104 Å². The topological polar surface area (TPSA) is 161 Å². The smallest absolute Gasteiger partial charge is 0.132 e. The predicted molar refractivity (Wildman–Crippen MR) is 234 cm³/mol. The summed E-state index contributed by atoms with van der Waals surface area (Å²) in [6, 6.07) is 21.2. The lowest BCUT2D eigenvalue weighted by Gasteiger charge is -2.26. The number of pyridine rings is 4. The number of benzene rings is 2. The van der Waals surface area contributed by atoms with Crippen molar-refractivity contribution in [2.24, 2.45) is 11.5 Å². The SMILES string of the molecule is NC1CC=C(c2cnc3ccc(-c4cn[nH]c4-c4cc(Cl)ccc4F)nc3c2)CC1.NC1CCC(c2cnc3ccc(-c4cn[nH]c4-c4cc(Cl)ccc4F)nc3c2)CC1. The highest BCUT2D eigenvalue weighted by Gasteiger charge is 2.22. The summed E-state index contributed by atoms with van der Waals surface area (Å²) < 4.78 is 28.8. The molecular weight excluding hydrogens is 801 g/mol. The van der Waals surface area contributed by atoms with E-state index < -0.39 is 0 Å². The Morgan fingerprint density at radius 3 is 1.70 bits per heavy atom. The molecule has 1 fully saturated rings. The lowest BCUT2D eigenvalue weighted by atomic mass is 9.82. The lowest BCUT2D eigenvalue weighted by Crippen LogP contribution is -2.25.